The summed E-state index contributed by atoms with van der Waals surface area (Å²) in [5.41, 5.74) is 2.05. The lowest BCUT2D eigenvalue weighted by Crippen LogP contribution is -2.37. The molecule has 0 spiro atoms. The minimum atomic E-state index is -3.21. The average molecular weight is 432 g/mol. The molecular formula is C19H33N3O4S2. The van der Waals surface area contributed by atoms with E-state index in [0.29, 0.717) is 25.9 Å². The number of hydrogen-bond donors (Lipinski definition) is 3. The molecule has 1 fully saturated rings. The Morgan fingerprint density at radius 2 is 1.54 bits per heavy atom. The van der Waals surface area contributed by atoms with Gasteiger partial charge in [-0.05, 0) is 43.4 Å². The highest BCUT2D eigenvalue weighted by molar-refractivity contribution is 7.89. The summed E-state index contributed by atoms with van der Waals surface area (Å²) in [5.74, 6) is 0.509. The average Bonchev–Trinajstić information content (AvgIpc) is 3.06. The van der Waals surface area contributed by atoms with E-state index in [2.05, 4.69) is 14.8 Å². The molecule has 2 rings (SSSR count). The lowest BCUT2D eigenvalue weighted by atomic mass is 9.94. The fourth-order valence-electron chi connectivity index (χ4n) is 3.66. The van der Waals surface area contributed by atoms with Crippen molar-refractivity contribution in [2.45, 2.75) is 57.9 Å². The van der Waals surface area contributed by atoms with Crippen LogP contribution in [0.4, 0.5) is 5.69 Å². The second kappa shape index (κ2) is 10.6. The van der Waals surface area contributed by atoms with Gasteiger partial charge in [-0.1, -0.05) is 32.4 Å². The Morgan fingerprint density at radius 1 is 0.893 bits per heavy atom. The molecule has 0 aromatic heterocycles. The van der Waals surface area contributed by atoms with E-state index >= 15 is 0 Å². The van der Waals surface area contributed by atoms with Gasteiger partial charge in [0.15, 0.2) is 0 Å². The molecule has 1 aliphatic carbocycles. The fourth-order valence-corrected chi connectivity index (χ4v) is 6.15. The molecule has 0 saturated heterocycles. The molecule has 0 radical (unpaired) electrons. The summed E-state index contributed by atoms with van der Waals surface area (Å²) in [4.78, 5) is 0. The predicted molar refractivity (Wildman–Crippen MR) is 115 cm³/mol. The molecule has 0 bridgehead atoms. The monoisotopic (exact) mass is 431 g/mol. The normalized spacial score (nSPS) is 20.4. The van der Waals surface area contributed by atoms with Crippen LogP contribution < -0.4 is 14.8 Å². The summed E-state index contributed by atoms with van der Waals surface area (Å²) >= 11 is 0. The van der Waals surface area contributed by atoms with E-state index in [1.54, 1.807) is 0 Å². The third kappa shape index (κ3) is 7.35. The number of sulfonamides is 2. The van der Waals surface area contributed by atoms with Gasteiger partial charge >= 0.3 is 0 Å². The molecule has 2 atom stereocenters. The topological polar surface area (TPSA) is 104 Å². The Hall–Kier alpha value is -1.16. The van der Waals surface area contributed by atoms with Crippen molar-refractivity contribution < 1.29 is 16.8 Å². The van der Waals surface area contributed by atoms with Gasteiger partial charge in [0.1, 0.15) is 0 Å². The standard InChI is InChI=1S/C19H33N3O4S2/c1-3-14-27(23,24)21-13-12-20-17-10-8-16(9-11-17)18-6-5-7-19(18)22-28(25,26)15-4-2/h8-11,18-22H,3-7,12-15H2,1-2H3. The van der Waals surface area contributed by atoms with Gasteiger partial charge in [-0.2, -0.15) is 0 Å². The molecule has 1 aliphatic rings. The number of anilines is 1. The highest BCUT2D eigenvalue weighted by Gasteiger charge is 2.31. The first-order valence-corrected chi connectivity index (χ1v) is 13.4. The molecule has 28 heavy (non-hydrogen) atoms. The molecule has 9 heteroatoms. The van der Waals surface area contributed by atoms with E-state index in [1.165, 1.54) is 0 Å². The first-order valence-electron chi connectivity index (χ1n) is 10.1. The molecule has 3 N–H and O–H groups in total. The predicted octanol–water partition coefficient (Wildman–Crippen LogP) is 2.39. The van der Waals surface area contributed by atoms with Crippen molar-refractivity contribution in [1.82, 2.24) is 9.44 Å². The van der Waals surface area contributed by atoms with Crippen molar-refractivity contribution in [3.05, 3.63) is 29.8 Å². The molecule has 160 valence electrons. The van der Waals surface area contributed by atoms with Gasteiger partial charge in [-0.15, -0.1) is 0 Å². The van der Waals surface area contributed by atoms with Crippen LogP contribution in [0.25, 0.3) is 0 Å². The van der Waals surface area contributed by atoms with Crippen LogP contribution in [-0.2, 0) is 20.0 Å². The molecule has 1 saturated carbocycles. The summed E-state index contributed by atoms with van der Waals surface area (Å²) in [6.07, 6.45) is 4.07. The van der Waals surface area contributed by atoms with Gasteiger partial charge in [0.25, 0.3) is 0 Å². The minimum absolute atomic E-state index is 0.0386. The Kier molecular flexibility index (Phi) is 8.73. The quantitative estimate of drug-likeness (QED) is 0.441. The van der Waals surface area contributed by atoms with Crippen LogP contribution >= 0.6 is 0 Å². The SMILES string of the molecule is CCCS(=O)(=O)NCCNc1ccc(C2CCCC2NS(=O)(=O)CCC)cc1. The number of rotatable bonds is 12. The van der Waals surface area contributed by atoms with Gasteiger partial charge in [-0.25, -0.2) is 26.3 Å². The Balaban J connectivity index is 1.87. The van der Waals surface area contributed by atoms with E-state index in [4.69, 9.17) is 0 Å². The summed E-state index contributed by atoms with van der Waals surface area (Å²) in [5, 5.41) is 3.20. The third-order valence-corrected chi connectivity index (χ3v) is 8.10. The molecule has 1 aromatic carbocycles. The van der Waals surface area contributed by atoms with Crippen LogP contribution in [0.2, 0.25) is 0 Å². The number of benzene rings is 1. The lowest BCUT2D eigenvalue weighted by Gasteiger charge is -2.21. The molecule has 7 nitrogen and oxygen atoms in total. The van der Waals surface area contributed by atoms with Crippen molar-refractivity contribution in [3.63, 3.8) is 0 Å². The molecule has 1 aromatic rings. The zero-order valence-corrected chi connectivity index (χ0v) is 18.4. The van der Waals surface area contributed by atoms with Crippen molar-refractivity contribution in [3.8, 4) is 0 Å². The van der Waals surface area contributed by atoms with Gasteiger partial charge < -0.3 is 5.32 Å². The summed E-state index contributed by atoms with van der Waals surface area (Å²) in [6, 6.07) is 7.95. The van der Waals surface area contributed by atoms with Crippen molar-refractivity contribution in [2.75, 3.05) is 29.9 Å². The van der Waals surface area contributed by atoms with Crippen LogP contribution in [0.1, 0.15) is 57.4 Å². The van der Waals surface area contributed by atoms with E-state index in [-0.39, 0.29) is 23.5 Å². The third-order valence-electron chi connectivity index (χ3n) is 4.91. The maximum absolute atomic E-state index is 12.1. The van der Waals surface area contributed by atoms with E-state index in [1.807, 2.05) is 38.1 Å². The molecular weight excluding hydrogens is 398 g/mol. The minimum Gasteiger partial charge on any atom is -0.384 e. The maximum Gasteiger partial charge on any atom is 0.211 e. The molecule has 2 unspecified atom stereocenters. The Morgan fingerprint density at radius 3 is 2.18 bits per heavy atom. The second-order valence-electron chi connectivity index (χ2n) is 7.34. The zero-order valence-electron chi connectivity index (χ0n) is 16.8. The van der Waals surface area contributed by atoms with Crippen molar-refractivity contribution in [2.24, 2.45) is 0 Å². The van der Waals surface area contributed by atoms with E-state index < -0.39 is 20.0 Å². The molecule has 0 amide bonds. The molecule has 0 heterocycles. The highest BCUT2D eigenvalue weighted by Crippen LogP contribution is 2.35. The first-order chi connectivity index (χ1) is 13.3. The first kappa shape index (κ1) is 23.1. The van der Waals surface area contributed by atoms with E-state index in [9.17, 15) is 16.8 Å². The zero-order chi connectivity index (χ0) is 20.6. The summed E-state index contributed by atoms with van der Waals surface area (Å²) in [6.45, 7) is 4.55. The van der Waals surface area contributed by atoms with Gasteiger partial charge in [-0.3, -0.25) is 0 Å². The highest BCUT2D eigenvalue weighted by atomic mass is 32.2. The van der Waals surface area contributed by atoms with Crippen LogP contribution in [0.5, 0.6) is 0 Å². The fraction of sp³-hybridized carbons (Fsp3) is 0.684. The lowest BCUT2D eigenvalue weighted by molar-refractivity contribution is 0.524. The maximum atomic E-state index is 12.1. The van der Waals surface area contributed by atoms with Gasteiger partial charge in [0.05, 0.1) is 11.5 Å². The largest absolute Gasteiger partial charge is 0.384 e. The van der Waals surface area contributed by atoms with E-state index in [0.717, 1.165) is 30.5 Å². The van der Waals surface area contributed by atoms with Gasteiger partial charge in [0.2, 0.25) is 20.0 Å². The van der Waals surface area contributed by atoms with Crippen molar-refractivity contribution in [1.29, 1.82) is 0 Å². The summed E-state index contributed by atoms with van der Waals surface area (Å²) in [7, 11) is -6.39. The van der Waals surface area contributed by atoms with Crippen LogP contribution in [0.3, 0.4) is 0 Å². The molecule has 0 aliphatic heterocycles. The number of hydrogen-bond acceptors (Lipinski definition) is 5. The Bertz CT molecular complexity index is 808. The smallest absolute Gasteiger partial charge is 0.211 e. The van der Waals surface area contributed by atoms with Crippen molar-refractivity contribution >= 4 is 25.7 Å². The second-order valence-corrected chi connectivity index (χ2v) is 11.1. The number of nitrogens with one attached hydrogen (secondary N) is 3. The van der Waals surface area contributed by atoms with Crippen LogP contribution in [-0.4, -0.2) is 47.5 Å². The van der Waals surface area contributed by atoms with Crippen LogP contribution in [0, 0.1) is 0 Å². The van der Waals surface area contributed by atoms with Gasteiger partial charge in [0, 0.05) is 30.7 Å². The van der Waals surface area contributed by atoms with Crippen LogP contribution in [0.15, 0.2) is 24.3 Å². The Labute approximate surface area is 169 Å². The summed E-state index contributed by atoms with van der Waals surface area (Å²) < 4.78 is 52.9.